The van der Waals surface area contributed by atoms with Gasteiger partial charge in [0.1, 0.15) is 5.84 Å². The van der Waals surface area contributed by atoms with Gasteiger partial charge in [0.15, 0.2) is 0 Å². The molecular formula is C16H18N4. The largest absolute Gasteiger partial charge is 0.384 e. The van der Waals surface area contributed by atoms with Gasteiger partial charge in [-0.3, -0.25) is 5.41 Å². The zero-order valence-electron chi connectivity index (χ0n) is 11.5. The Hall–Kier alpha value is -2.49. The third-order valence-corrected chi connectivity index (χ3v) is 3.73. The maximum atomic E-state index is 7.45. The monoisotopic (exact) mass is 266 g/mol. The smallest absolute Gasteiger partial charge is 0.122 e. The lowest BCUT2D eigenvalue weighted by atomic mass is 10.1. The minimum atomic E-state index is 0.107. The first-order chi connectivity index (χ1) is 9.66. The first-order valence-electron chi connectivity index (χ1n) is 6.69. The minimum absolute atomic E-state index is 0.107. The highest BCUT2D eigenvalue weighted by Crippen LogP contribution is 2.36. The number of likely N-dealkylation sites (N-methyl/N-ethyl adjacent to an activating group) is 1. The minimum Gasteiger partial charge on any atom is -0.384 e. The fraction of sp³-hybridized carbons (Fsp3) is 0.188. The number of para-hydroxylation sites is 2. The molecule has 2 aromatic rings. The van der Waals surface area contributed by atoms with E-state index in [0.717, 1.165) is 24.3 Å². The second kappa shape index (κ2) is 4.89. The van der Waals surface area contributed by atoms with Crippen molar-refractivity contribution in [2.24, 2.45) is 5.73 Å². The van der Waals surface area contributed by atoms with Gasteiger partial charge in [0.25, 0.3) is 0 Å². The van der Waals surface area contributed by atoms with Crippen molar-refractivity contribution in [1.29, 1.82) is 5.41 Å². The number of anilines is 3. The number of rotatable bonds is 2. The standard InChI is InChI=1S/C16H18N4/c1-19-10-11-20(15-5-3-2-4-14(15)19)13-8-6-12(7-9-13)16(17)18/h2-9H,10-11H2,1H3,(H3,17,18). The normalized spacial score (nSPS) is 14.1. The second-order valence-electron chi connectivity index (χ2n) is 5.02. The zero-order chi connectivity index (χ0) is 14.1. The molecule has 1 aliphatic rings. The van der Waals surface area contributed by atoms with Gasteiger partial charge >= 0.3 is 0 Å². The molecule has 0 aliphatic carbocycles. The number of amidine groups is 1. The van der Waals surface area contributed by atoms with E-state index in [0.29, 0.717) is 0 Å². The number of hydrogen-bond donors (Lipinski definition) is 2. The number of fused-ring (bicyclic) bond motifs is 1. The maximum Gasteiger partial charge on any atom is 0.122 e. The van der Waals surface area contributed by atoms with Gasteiger partial charge in [0.2, 0.25) is 0 Å². The van der Waals surface area contributed by atoms with Gasteiger partial charge in [-0.15, -0.1) is 0 Å². The predicted octanol–water partition coefficient (Wildman–Crippen LogP) is 2.56. The molecule has 0 unspecified atom stereocenters. The molecule has 3 N–H and O–H groups in total. The number of hydrogen-bond acceptors (Lipinski definition) is 3. The summed E-state index contributed by atoms with van der Waals surface area (Å²) in [6.07, 6.45) is 0. The Morgan fingerprint density at radius 1 is 1.00 bits per heavy atom. The van der Waals surface area contributed by atoms with Crippen molar-refractivity contribution in [3.63, 3.8) is 0 Å². The Morgan fingerprint density at radius 2 is 1.65 bits per heavy atom. The molecule has 4 nitrogen and oxygen atoms in total. The van der Waals surface area contributed by atoms with Crippen LogP contribution in [0.4, 0.5) is 17.1 Å². The highest BCUT2D eigenvalue weighted by molar-refractivity contribution is 5.95. The Balaban J connectivity index is 1.99. The SMILES string of the molecule is CN1CCN(c2ccc(C(=N)N)cc2)c2ccccc21. The Morgan fingerprint density at radius 3 is 2.30 bits per heavy atom. The zero-order valence-corrected chi connectivity index (χ0v) is 11.5. The molecule has 4 heteroatoms. The van der Waals surface area contributed by atoms with Crippen LogP contribution in [0.5, 0.6) is 0 Å². The van der Waals surface area contributed by atoms with Crippen LogP contribution in [-0.2, 0) is 0 Å². The quantitative estimate of drug-likeness (QED) is 0.649. The van der Waals surface area contributed by atoms with Crippen molar-refractivity contribution in [2.45, 2.75) is 0 Å². The van der Waals surface area contributed by atoms with Crippen LogP contribution < -0.4 is 15.5 Å². The Kier molecular flexibility index (Phi) is 3.06. The molecule has 0 bridgehead atoms. The molecular weight excluding hydrogens is 248 g/mol. The van der Waals surface area contributed by atoms with Crippen molar-refractivity contribution >= 4 is 22.9 Å². The first-order valence-corrected chi connectivity index (χ1v) is 6.69. The van der Waals surface area contributed by atoms with E-state index in [1.165, 1.54) is 11.4 Å². The molecule has 0 spiro atoms. The summed E-state index contributed by atoms with van der Waals surface area (Å²) in [5, 5.41) is 7.45. The van der Waals surface area contributed by atoms with Crippen molar-refractivity contribution in [3.8, 4) is 0 Å². The van der Waals surface area contributed by atoms with Crippen LogP contribution in [0.2, 0.25) is 0 Å². The fourth-order valence-corrected chi connectivity index (χ4v) is 2.60. The van der Waals surface area contributed by atoms with Crippen LogP contribution in [0.15, 0.2) is 48.5 Å². The lowest BCUT2D eigenvalue weighted by Crippen LogP contribution is -2.36. The van der Waals surface area contributed by atoms with Crippen LogP contribution in [-0.4, -0.2) is 26.0 Å². The lowest BCUT2D eigenvalue weighted by Gasteiger charge is -2.37. The molecule has 0 aromatic heterocycles. The van der Waals surface area contributed by atoms with E-state index in [-0.39, 0.29) is 5.84 Å². The van der Waals surface area contributed by atoms with Crippen LogP contribution in [0.25, 0.3) is 0 Å². The van der Waals surface area contributed by atoms with Crippen molar-refractivity contribution in [1.82, 2.24) is 0 Å². The second-order valence-corrected chi connectivity index (χ2v) is 5.02. The van der Waals surface area contributed by atoms with Crippen molar-refractivity contribution in [2.75, 3.05) is 29.9 Å². The third-order valence-electron chi connectivity index (χ3n) is 3.73. The van der Waals surface area contributed by atoms with Crippen LogP contribution in [0.3, 0.4) is 0 Å². The van der Waals surface area contributed by atoms with E-state index < -0.39 is 0 Å². The number of nitrogen functional groups attached to an aromatic ring is 1. The molecule has 0 saturated carbocycles. The summed E-state index contributed by atoms with van der Waals surface area (Å²) >= 11 is 0. The van der Waals surface area contributed by atoms with Gasteiger partial charge in [-0.25, -0.2) is 0 Å². The van der Waals surface area contributed by atoms with Gasteiger partial charge in [-0.1, -0.05) is 12.1 Å². The molecule has 0 fully saturated rings. The summed E-state index contributed by atoms with van der Waals surface area (Å²) in [7, 11) is 2.12. The molecule has 0 saturated heterocycles. The summed E-state index contributed by atoms with van der Waals surface area (Å²) in [5.74, 6) is 0.107. The van der Waals surface area contributed by atoms with Crippen LogP contribution in [0, 0.1) is 5.41 Å². The number of nitrogens with two attached hydrogens (primary N) is 1. The third kappa shape index (κ3) is 2.09. The molecule has 1 aliphatic heterocycles. The Bertz CT molecular complexity index is 633. The summed E-state index contributed by atoms with van der Waals surface area (Å²) in [4.78, 5) is 4.58. The van der Waals surface area contributed by atoms with E-state index in [1.807, 2.05) is 24.3 Å². The van der Waals surface area contributed by atoms with E-state index in [4.69, 9.17) is 11.1 Å². The average Bonchev–Trinajstić information content (AvgIpc) is 2.48. The number of nitrogens with one attached hydrogen (secondary N) is 1. The fourth-order valence-electron chi connectivity index (χ4n) is 2.60. The molecule has 0 amide bonds. The molecule has 1 heterocycles. The van der Waals surface area contributed by atoms with E-state index in [9.17, 15) is 0 Å². The first kappa shape index (κ1) is 12.5. The summed E-state index contributed by atoms with van der Waals surface area (Å²) in [6, 6.07) is 16.3. The van der Waals surface area contributed by atoms with Gasteiger partial charge in [-0.2, -0.15) is 0 Å². The van der Waals surface area contributed by atoms with Crippen molar-refractivity contribution in [3.05, 3.63) is 54.1 Å². The van der Waals surface area contributed by atoms with Gasteiger partial charge in [0, 0.05) is 31.4 Å². The van der Waals surface area contributed by atoms with E-state index >= 15 is 0 Å². The van der Waals surface area contributed by atoms with Crippen molar-refractivity contribution < 1.29 is 0 Å². The molecule has 20 heavy (non-hydrogen) atoms. The molecule has 102 valence electrons. The summed E-state index contributed by atoms with van der Waals surface area (Å²) < 4.78 is 0. The average molecular weight is 266 g/mol. The molecule has 2 aromatic carbocycles. The Labute approximate surface area is 118 Å². The van der Waals surface area contributed by atoms with Gasteiger partial charge in [-0.05, 0) is 36.4 Å². The maximum absolute atomic E-state index is 7.45. The number of benzene rings is 2. The summed E-state index contributed by atoms with van der Waals surface area (Å²) in [5.41, 5.74) is 9.86. The van der Waals surface area contributed by atoms with E-state index in [2.05, 4.69) is 41.1 Å². The van der Waals surface area contributed by atoms with Gasteiger partial charge < -0.3 is 15.5 Å². The highest BCUT2D eigenvalue weighted by atomic mass is 15.3. The van der Waals surface area contributed by atoms with Crippen LogP contribution in [0.1, 0.15) is 5.56 Å². The molecule has 0 atom stereocenters. The number of nitrogens with zero attached hydrogens (tertiary/aromatic N) is 2. The molecule has 3 rings (SSSR count). The van der Waals surface area contributed by atoms with E-state index in [1.54, 1.807) is 0 Å². The molecule has 0 radical (unpaired) electrons. The predicted molar refractivity (Wildman–Crippen MR) is 84.2 cm³/mol. The lowest BCUT2D eigenvalue weighted by molar-refractivity contribution is 0.822. The summed E-state index contributed by atoms with van der Waals surface area (Å²) in [6.45, 7) is 1.94. The highest BCUT2D eigenvalue weighted by Gasteiger charge is 2.20. The topological polar surface area (TPSA) is 56.4 Å². The van der Waals surface area contributed by atoms with Crippen LogP contribution >= 0.6 is 0 Å². The van der Waals surface area contributed by atoms with Gasteiger partial charge in [0.05, 0.1) is 11.4 Å².